The van der Waals surface area contributed by atoms with Gasteiger partial charge in [0.25, 0.3) is 5.91 Å². The molecule has 0 bridgehead atoms. The third-order valence-corrected chi connectivity index (χ3v) is 5.28. The number of nitrogens with zero attached hydrogens (tertiary/aromatic N) is 1. The summed E-state index contributed by atoms with van der Waals surface area (Å²) in [5, 5.41) is 2.64. The second-order valence-corrected chi connectivity index (χ2v) is 7.07. The number of benzene rings is 1. The van der Waals surface area contributed by atoms with Gasteiger partial charge in [-0.2, -0.15) is 0 Å². The smallest absolute Gasteiger partial charge is 0.329 e. The summed E-state index contributed by atoms with van der Waals surface area (Å²) >= 11 is 0. The van der Waals surface area contributed by atoms with Gasteiger partial charge in [-0.1, -0.05) is 30.4 Å². The van der Waals surface area contributed by atoms with E-state index in [0.717, 1.165) is 10.5 Å². The van der Waals surface area contributed by atoms with E-state index < -0.39 is 36.4 Å². The highest BCUT2D eigenvalue weighted by Crippen LogP contribution is 2.36. The second-order valence-electron chi connectivity index (χ2n) is 7.07. The Morgan fingerprint density at radius 2 is 1.76 bits per heavy atom. The molecule has 0 spiro atoms. The van der Waals surface area contributed by atoms with Gasteiger partial charge >= 0.3 is 5.97 Å². The van der Waals surface area contributed by atoms with Crippen LogP contribution in [0.4, 0.5) is 0 Å². The van der Waals surface area contributed by atoms with Crippen LogP contribution in [0.5, 0.6) is 5.75 Å². The summed E-state index contributed by atoms with van der Waals surface area (Å²) in [4.78, 5) is 50.4. The Labute approximate surface area is 168 Å². The van der Waals surface area contributed by atoms with E-state index in [1.165, 1.54) is 14.0 Å². The standard InChI is InChI=1S/C21H24N2O6/c1-13(23-19(25)15-8-4-5-9-16(15)20(23)26)21(27)29-12-18(24)22-11-14-7-3-6-10-17(14)28-2/h3-7,10,13,15-16H,8-9,11-12H2,1-2H3,(H,22,24)/t13-,15-,16+/m0/s1. The average Bonchev–Trinajstić information content (AvgIpc) is 3.00. The van der Waals surface area contributed by atoms with Crippen molar-refractivity contribution in [1.82, 2.24) is 10.2 Å². The van der Waals surface area contributed by atoms with E-state index in [1.54, 1.807) is 6.07 Å². The molecule has 8 heteroatoms. The van der Waals surface area contributed by atoms with E-state index in [4.69, 9.17) is 9.47 Å². The van der Waals surface area contributed by atoms with Gasteiger partial charge < -0.3 is 14.8 Å². The van der Waals surface area contributed by atoms with Gasteiger partial charge in [0.2, 0.25) is 11.8 Å². The molecule has 0 unspecified atom stereocenters. The molecule has 3 amide bonds. The zero-order valence-electron chi connectivity index (χ0n) is 16.4. The lowest BCUT2D eigenvalue weighted by Crippen LogP contribution is -2.45. The number of nitrogens with one attached hydrogen (secondary N) is 1. The van der Waals surface area contributed by atoms with E-state index in [0.29, 0.717) is 18.6 Å². The van der Waals surface area contributed by atoms with E-state index >= 15 is 0 Å². The lowest BCUT2D eigenvalue weighted by molar-refractivity contribution is -0.159. The van der Waals surface area contributed by atoms with Gasteiger partial charge in [0, 0.05) is 12.1 Å². The summed E-state index contributed by atoms with van der Waals surface area (Å²) in [7, 11) is 1.54. The van der Waals surface area contributed by atoms with Crippen LogP contribution in [-0.2, 0) is 30.5 Å². The summed E-state index contributed by atoms with van der Waals surface area (Å²) < 4.78 is 10.2. The van der Waals surface area contributed by atoms with Crippen LogP contribution in [0.3, 0.4) is 0 Å². The maximum absolute atomic E-state index is 12.5. The molecule has 3 rings (SSSR count). The molecule has 1 saturated heterocycles. The molecule has 1 heterocycles. The molecular weight excluding hydrogens is 376 g/mol. The SMILES string of the molecule is COc1ccccc1CNC(=O)COC(=O)[C@H](C)N1C(=O)[C@H]2CC=CC[C@H]2C1=O. The van der Waals surface area contributed by atoms with Crippen LogP contribution in [0, 0.1) is 11.8 Å². The normalized spacial score (nSPS) is 21.5. The number of esters is 1. The van der Waals surface area contributed by atoms with Gasteiger partial charge in [-0.25, -0.2) is 4.79 Å². The molecule has 1 aromatic carbocycles. The minimum absolute atomic E-state index is 0.218. The number of likely N-dealkylation sites (tertiary alicyclic amines) is 1. The Balaban J connectivity index is 1.50. The molecule has 154 valence electrons. The summed E-state index contributed by atoms with van der Waals surface area (Å²) in [6, 6.07) is 6.16. The number of allylic oxidation sites excluding steroid dienone is 2. The van der Waals surface area contributed by atoms with Crippen molar-refractivity contribution in [3.63, 3.8) is 0 Å². The number of carbonyl (C=O) groups is 4. The molecule has 2 aliphatic rings. The number of fused-ring (bicyclic) bond motifs is 1. The Morgan fingerprint density at radius 1 is 1.14 bits per heavy atom. The highest BCUT2D eigenvalue weighted by molar-refractivity contribution is 6.08. The molecule has 0 radical (unpaired) electrons. The number of carbonyl (C=O) groups excluding carboxylic acids is 4. The molecule has 1 fully saturated rings. The van der Waals surface area contributed by atoms with Crippen LogP contribution in [0.1, 0.15) is 25.3 Å². The van der Waals surface area contributed by atoms with Crippen LogP contribution in [0.25, 0.3) is 0 Å². The minimum atomic E-state index is -1.07. The fourth-order valence-corrected chi connectivity index (χ4v) is 3.66. The van der Waals surface area contributed by atoms with Crippen molar-refractivity contribution >= 4 is 23.7 Å². The Kier molecular flexibility index (Phi) is 6.31. The first-order valence-corrected chi connectivity index (χ1v) is 9.51. The zero-order chi connectivity index (χ0) is 21.0. The number of hydrogen-bond acceptors (Lipinski definition) is 6. The maximum atomic E-state index is 12.5. The van der Waals surface area contributed by atoms with Crippen LogP contribution >= 0.6 is 0 Å². The molecule has 0 aromatic heterocycles. The third kappa shape index (κ3) is 4.31. The van der Waals surface area contributed by atoms with Gasteiger partial charge in [-0.05, 0) is 25.8 Å². The van der Waals surface area contributed by atoms with Gasteiger partial charge in [0.15, 0.2) is 6.61 Å². The van der Waals surface area contributed by atoms with Crippen molar-refractivity contribution in [2.45, 2.75) is 32.4 Å². The molecule has 1 aromatic rings. The highest BCUT2D eigenvalue weighted by Gasteiger charge is 2.50. The molecule has 8 nitrogen and oxygen atoms in total. The van der Waals surface area contributed by atoms with Gasteiger partial charge in [-0.3, -0.25) is 19.3 Å². The summed E-state index contributed by atoms with van der Waals surface area (Å²) in [6.45, 7) is 1.16. The number of rotatable bonds is 7. The van der Waals surface area contributed by atoms with Crippen molar-refractivity contribution in [3.8, 4) is 5.75 Å². The average molecular weight is 400 g/mol. The quantitative estimate of drug-likeness (QED) is 0.419. The van der Waals surface area contributed by atoms with E-state index in [-0.39, 0.29) is 18.4 Å². The maximum Gasteiger partial charge on any atom is 0.329 e. The summed E-state index contributed by atoms with van der Waals surface area (Å²) in [5.74, 6) is -2.16. The fourth-order valence-electron chi connectivity index (χ4n) is 3.66. The van der Waals surface area contributed by atoms with Crippen molar-refractivity contribution < 1.29 is 28.7 Å². The number of para-hydroxylation sites is 1. The third-order valence-electron chi connectivity index (χ3n) is 5.28. The minimum Gasteiger partial charge on any atom is -0.496 e. The molecule has 1 aliphatic carbocycles. The van der Waals surface area contributed by atoms with E-state index in [9.17, 15) is 19.2 Å². The van der Waals surface area contributed by atoms with Crippen molar-refractivity contribution in [1.29, 1.82) is 0 Å². The zero-order valence-corrected chi connectivity index (χ0v) is 16.4. The molecule has 1 aliphatic heterocycles. The largest absolute Gasteiger partial charge is 0.496 e. The predicted molar refractivity (Wildman–Crippen MR) is 102 cm³/mol. The number of imide groups is 1. The highest BCUT2D eigenvalue weighted by atomic mass is 16.5. The molecule has 1 N–H and O–H groups in total. The first-order valence-electron chi connectivity index (χ1n) is 9.51. The Hall–Kier alpha value is -3.16. The van der Waals surface area contributed by atoms with E-state index in [2.05, 4.69) is 5.32 Å². The van der Waals surface area contributed by atoms with Gasteiger partial charge in [0.05, 0.1) is 18.9 Å². The number of amides is 3. The number of ether oxygens (including phenoxy) is 2. The van der Waals surface area contributed by atoms with Crippen LogP contribution < -0.4 is 10.1 Å². The Bertz CT molecular complexity index is 823. The topological polar surface area (TPSA) is 102 Å². The number of methoxy groups -OCH3 is 1. The first kappa shape index (κ1) is 20.6. The lowest BCUT2D eigenvalue weighted by atomic mass is 9.85. The molecule has 0 saturated carbocycles. The van der Waals surface area contributed by atoms with Crippen LogP contribution in [0.2, 0.25) is 0 Å². The summed E-state index contributed by atoms with van der Waals surface area (Å²) in [6.07, 6.45) is 4.76. The van der Waals surface area contributed by atoms with Crippen molar-refractivity contribution in [3.05, 3.63) is 42.0 Å². The fraction of sp³-hybridized carbons (Fsp3) is 0.429. The second kappa shape index (κ2) is 8.89. The monoisotopic (exact) mass is 400 g/mol. The van der Waals surface area contributed by atoms with E-state index in [1.807, 2.05) is 30.4 Å². The Morgan fingerprint density at radius 3 is 2.38 bits per heavy atom. The molecular formula is C21H24N2O6. The summed E-state index contributed by atoms with van der Waals surface area (Å²) in [5.41, 5.74) is 0.785. The molecule has 29 heavy (non-hydrogen) atoms. The van der Waals surface area contributed by atoms with Crippen molar-refractivity contribution in [2.24, 2.45) is 11.8 Å². The van der Waals surface area contributed by atoms with Crippen LogP contribution in [-0.4, -0.2) is 48.3 Å². The predicted octanol–water partition coefficient (Wildman–Crippen LogP) is 1.19. The van der Waals surface area contributed by atoms with Gasteiger partial charge in [0.1, 0.15) is 11.8 Å². The van der Waals surface area contributed by atoms with Gasteiger partial charge in [-0.15, -0.1) is 0 Å². The molecule has 3 atom stereocenters. The lowest BCUT2D eigenvalue weighted by Gasteiger charge is -2.21. The van der Waals surface area contributed by atoms with Crippen molar-refractivity contribution in [2.75, 3.05) is 13.7 Å². The van der Waals surface area contributed by atoms with Crippen LogP contribution in [0.15, 0.2) is 36.4 Å². The number of hydrogen-bond donors (Lipinski definition) is 1. The first-order chi connectivity index (χ1) is 13.9.